The lowest BCUT2D eigenvalue weighted by molar-refractivity contribution is 0.174. The molecular weight excluding hydrogens is 428 g/mol. The van der Waals surface area contributed by atoms with E-state index in [1.54, 1.807) is 13.2 Å². The third-order valence-corrected chi connectivity index (χ3v) is 5.90. The zero-order chi connectivity index (χ0) is 22.3. The van der Waals surface area contributed by atoms with Crippen LogP contribution in [0.15, 0.2) is 40.4 Å². The molecule has 11 heteroatoms. The maximum absolute atomic E-state index is 12.5. The number of aliphatic imine (C=N–C) groups is 1. The topological polar surface area (TPSA) is 150 Å². The molecule has 0 unspecified atom stereocenters. The van der Waals surface area contributed by atoms with Gasteiger partial charge in [0.1, 0.15) is 11.5 Å². The van der Waals surface area contributed by atoms with Crippen molar-refractivity contribution in [3.8, 4) is 34.3 Å². The Balaban J connectivity index is 1.62. The second-order valence-electron chi connectivity index (χ2n) is 7.59. The predicted octanol–water partition coefficient (Wildman–Crippen LogP) is 2.72. The van der Waals surface area contributed by atoms with Gasteiger partial charge in [-0.05, 0) is 17.7 Å². The molecule has 2 aromatic carbocycles. The number of aromatic hydroxyl groups is 1. The Morgan fingerprint density at radius 3 is 3.00 bits per heavy atom. The number of H-pyrrole nitrogens is 3. The molecule has 0 bridgehead atoms. The van der Waals surface area contributed by atoms with E-state index >= 15 is 0 Å². The molecule has 0 saturated heterocycles. The summed E-state index contributed by atoms with van der Waals surface area (Å²) in [6.45, 7) is 0.0871. The first-order valence-electron chi connectivity index (χ1n) is 10.0. The van der Waals surface area contributed by atoms with Crippen molar-refractivity contribution in [3.05, 3.63) is 52.2 Å². The van der Waals surface area contributed by atoms with Crippen molar-refractivity contribution in [1.82, 2.24) is 24.9 Å². The average Bonchev–Trinajstić information content (AvgIpc) is 3.55. The molecule has 0 amide bonds. The first-order valence-corrected chi connectivity index (χ1v) is 10.0. The molecule has 5 aromatic rings. The Labute approximate surface area is 183 Å². The first kappa shape index (κ1) is 17.8. The number of nitrogens with one attached hydrogen (secondary N) is 3. The van der Waals surface area contributed by atoms with Crippen molar-refractivity contribution in [3.63, 3.8) is 0 Å². The van der Waals surface area contributed by atoms with Crippen molar-refractivity contribution in [2.75, 3.05) is 13.9 Å². The number of aromatic amines is 3. The minimum atomic E-state index is -0.392. The highest BCUT2D eigenvalue weighted by Crippen LogP contribution is 2.54. The lowest BCUT2D eigenvalue weighted by Crippen LogP contribution is -2.14. The monoisotopic (exact) mass is 442 g/mol. The average molecular weight is 442 g/mol. The van der Waals surface area contributed by atoms with Gasteiger partial charge in [0.2, 0.25) is 12.7 Å². The lowest BCUT2D eigenvalue weighted by Gasteiger charge is -2.22. The zero-order valence-corrected chi connectivity index (χ0v) is 17.0. The first-order chi connectivity index (χ1) is 16.1. The molecule has 0 radical (unpaired) electrons. The molecule has 4 N–H and O–H groups in total. The van der Waals surface area contributed by atoms with E-state index < -0.39 is 5.56 Å². The fourth-order valence-electron chi connectivity index (χ4n) is 4.55. The Kier molecular flexibility index (Phi) is 3.31. The Hall–Kier alpha value is -4.80. The summed E-state index contributed by atoms with van der Waals surface area (Å²) in [4.78, 5) is 34.0. The highest BCUT2D eigenvalue weighted by Gasteiger charge is 2.35. The molecule has 0 saturated carbocycles. The molecule has 1 aliphatic heterocycles. The molecule has 1 aliphatic carbocycles. The van der Waals surface area contributed by atoms with E-state index in [4.69, 9.17) is 19.2 Å². The molecule has 33 heavy (non-hydrogen) atoms. The number of imidazole rings is 1. The predicted molar refractivity (Wildman–Crippen MR) is 118 cm³/mol. The lowest BCUT2D eigenvalue weighted by atomic mass is 9.85. The summed E-state index contributed by atoms with van der Waals surface area (Å²) < 4.78 is 17.1. The number of hydrogen-bond acceptors (Lipinski definition) is 8. The second-order valence-corrected chi connectivity index (χ2v) is 7.59. The number of benzene rings is 2. The summed E-state index contributed by atoms with van der Waals surface area (Å²) in [5, 5.41) is 12.0. The van der Waals surface area contributed by atoms with Gasteiger partial charge in [-0.1, -0.05) is 12.1 Å². The third kappa shape index (κ3) is 2.27. The van der Waals surface area contributed by atoms with Gasteiger partial charge in [-0.25, -0.2) is 9.98 Å². The van der Waals surface area contributed by atoms with Gasteiger partial charge in [0.25, 0.3) is 5.56 Å². The van der Waals surface area contributed by atoms with Crippen LogP contribution in [0.2, 0.25) is 0 Å². The van der Waals surface area contributed by atoms with Crippen molar-refractivity contribution in [2.45, 2.75) is 0 Å². The third-order valence-electron chi connectivity index (χ3n) is 5.90. The standard InChI is InChI=1S/C22H14N6O5/c1-31-10-4-2-3-8-12(10)15(26-22-27-19-17(21(30)28-22)23-6-24-19)16-13-9(20(29)25-16)5-11-18(14(8)13)33-7-32-11/h2-6,25,29H,7H2,1H3,(H2,23,24,27,28,30)/b26-15-. The second kappa shape index (κ2) is 6.13. The van der Waals surface area contributed by atoms with Crippen LogP contribution in [-0.2, 0) is 0 Å². The number of rotatable bonds is 2. The van der Waals surface area contributed by atoms with E-state index in [-0.39, 0.29) is 29.8 Å². The van der Waals surface area contributed by atoms with Crippen molar-refractivity contribution >= 4 is 33.6 Å². The van der Waals surface area contributed by atoms with Gasteiger partial charge in [-0.15, -0.1) is 0 Å². The van der Waals surface area contributed by atoms with Gasteiger partial charge in [-0.2, -0.15) is 4.98 Å². The highest BCUT2D eigenvalue weighted by atomic mass is 16.7. The molecule has 11 nitrogen and oxygen atoms in total. The van der Waals surface area contributed by atoms with E-state index in [9.17, 15) is 9.90 Å². The van der Waals surface area contributed by atoms with Gasteiger partial charge >= 0.3 is 0 Å². The van der Waals surface area contributed by atoms with Gasteiger partial charge in [0.15, 0.2) is 28.5 Å². The quantitative estimate of drug-likeness (QED) is 0.322. The fourth-order valence-corrected chi connectivity index (χ4v) is 4.55. The van der Waals surface area contributed by atoms with Gasteiger partial charge in [0, 0.05) is 16.3 Å². The summed E-state index contributed by atoms with van der Waals surface area (Å²) in [6, 6.07) is 7.33. The van der Waals surface area contributed by atoms with Crippen molar-refractivity contribution < 1.29 is 19.3 Å². The van der Waals surface area contributed by atoms with Gasteiger partial charge in [0.05, 0.1) is 24.7 Å². The largest absolute Gasteiger partial charge is 0.496 e. The molecule has 0 spiro atoms. The maximum atomic E-state index is 12.5. The molecule has 7 rings (SSSR count). The van der Waals surface area contributed by atoms with Crippen molar-refractivity contribution in [1.29, 1.82) is 0 Å². The van der Waals surface area contributed by atoms with E-state index in [1.807, 2.05) is 18.2 Å². The van der Waals surface area contributed by atoms with Crippen LogP contribution in [0.25, 0.3) is 33.1 Å². The number of aromatic nitrogens is 5. The van der Waals surface area contributed by atoms with Crippen LogP contribution < -0.4 is 19.8 Å². The van der Waals surface area contributed by atoms with E-state index in [1.165, 1.54) is 6.33 Å². The van der Waals surface area contributed by atoms with Crippen LogP contribution in [0.3, 0.4) is 0 Å². The summed E-state index contributed by atoms with van der Waals surface area (Å²) in [5.41, 5.74) is 3.31. The Bertz CT molecular complexity index is 1730. The number of nitrogens with zero attached hydrogens (tertiary/aromatic N) is 3. The van der Waals surface area contributed by atoms with Crippen LogP contribution in [0.1, 0.15) is 11.3 Å². The molecule has 162 valence electrons. The number of methoxy groups -OCH3 is 1. The summed E-state index contributed by atoms with van der Waals surface area (Å²) in [6.07, 6.45) is 1.40. The molecule has 4 heterocycles. The molecule has 3 aromatic heterocycles. The minimum Gasteiger partial charge on any atom is -0.496 e. The zero-order valence-electron chi connectivity index (χ0n) is 17.0. The summed E-state index contributed by atoms with van der Waals surface area (Å²) in [7, 11) is 1.56. The fraction of sp³-hybridized carbons (Fsp3) is 0.0909. The van der Waals surface area contributed by atoms with Gasteiger partial charge < -0.3 is 29.3 Å². The van der Waals surface area contributed by atoms with Crippen LogP contribution in [0.5, 0.6) is 23.1 Å². The van der Waals surface area contributed by atoms with Crippen LogP contribution in [0, 0.1) is 0 Å². The number of fused-ring (bicyclic) bond motifs is 5. The molecule has 2 aliphatic rings. The smallest absolute Gasteiger partial charge is 0.278 e. The summed E-state index contributed by atoms with van der Waals surface area (Å²) in [5.74, 6) is 1.71. The maximum Gasteiger partial charge on any atom is 0.278 e. The van der Waals surface area contributed by atoms with E-state index in [0.29, 0.717) is 39.6 Å². The van der Waals surface area contributed by atoms with Crippen molar-refractivity contribution in [2.24, 2.45) is 4.99 Å². The Morgan fingerprint density at radius 1 is 1.21 bits per heavy atom. The SMILES string of the molecule is COc1cccc2c1/C(=N/c1nc3nc[nH]c3c(=O)[nH]1)c1[nH]c(O)c3cc4c(c-2c13)OCO4. The number of ether oxygens (including phenoxy) is 3. The highest BCUT2D eigenvalue weighted by molar-refractivity contribution is 6.30. The van der Waals surface area contributed by atoms with Gasteiger partial charge in [-0.3, -0.25) is 9.78 Å². The molecular formula is C22H14N6O5. The summed E-state index contributed by atoms with van der Waals surface area (Å²) >= 11 is 0. The van der Waals surface area contributed by atoms with Crippen LogP contribution in [0.4, 0.5) is 5.95 Å². The minimum absolute atomic E-state index is 0.0387. The van der Waals surface area contributed by atoms with Crippen LogP contribution >= 0.6 is 0 Å². The number of hydrogen-bond donors (Lipinski definition) is 4. The Morgan fingerprint density at radius 2 is 2.12 bits per heavy atom. The molecule has 0 atom stereocenters. The van der Waals surface area contributed by atoms with E-state index in [0.717, 1.165) is 16.5 Å². The van der Waals surface area contributed by atoms with E-state index in [2.05, 4.69) is 24.9 Å². The molecule has 0 fully saturated rings. The van der Waals surface area contributed by atoms with Crippen LogP contribution in [-0.4, -0.2) is 49.6 Å². The normalized spacial score (nSPS) is 14.9.